The summed E-state index contributed by atoms with van der Waals surface area (Å²) < 4.78 is 37.2. The number of carbonyl (C=O) groups is 2. The molecule has 1 amide bonds. The first kappa shape index (κ1) is 13.2. The molecule has 1 N–H and O–H groups in total. The lowest BCUT2D eigenvalue weighted by atomic mass is 9.76. The third kappa shape index (κ3) is 2.44. The number of aliphatic carboxylic acids is 1. The van der Waals surface area contributed by atoms with Crippen LogP contribution in [0.1, 0.15) is 19.3 Å². The van der Waals surface area contributed by atoms with Gasteiger partial charge in [0.2, 0.25) is 0 Å². The summed E-state index contributed by atoms with van der Waals surface area (Å²) in [5.41, 5.74) is 0. The number of amides is 1. The number of halogens is 3. The molecule has 7 heteroatoms. The van der Waals surface area contributed by atoms with Crippen LogP contribution in [0.4, 0.5) is 13.2 Å². The molecule has 102 valence electrons. The van der Waals surface area contributed by atoms with E-state index in [2.05, 4.69) is 0 Å². The second-order valence-electron chi connectivity index (χ2n) is 5.09. The van der Waals surface area contributed by atoms with Gasteiger partial charge in [-0.1, -0.05) is 0 Å². The first-order valence-corrected chi connectivity index (χ1v) is 5.88. The summed E-state index contributed by atoms with van der Waals surface area (Å²) in [5, 5.41) is 9.04. The molecular weight excluding hydrogens is 251 g/mol. The Hall–Kier alpha value is -1.27. The molecule has 1 aliphatic carbocycles. The van der Waals surface area contributed by atoms with Crippen LogP contribution in [0.5, 0.6) is 0 Å². The lowest BCUT2D eigenvalue weighted by Crippen LogP contribution is -2.43. The minimum absolute atomic E-state index is 0.0264. The van der Waals surface area contributed by atoms with Gasteiger partial charge in [0.15, 0.2) is 0 Å². The van der Waals surface area contributed by atoms with Crippen LogP contribution >= 0.6 is 0 Å². The van der Waals surface area contributed by atoms with Crippen molar-refractivity contribution in [3.8, 4) is 0 Å². The smallest absolute Gasteiger partial charge is 0.471 e. The van der Waals surface area contributed by atoms with Gasteiger partial charge < -0.3 is 10.0 Å². The number of alkyl halides is 3. The summed E-state index contributed by atoms with van der Waals surface area (Å²) >= 11 is 0. The normalized spacial score (nSPS) is 32.2. The number of hydrogen-bond acceptors (Lipinski definition) is 2. The molecule has 4 nitrogen and oxygen atoms in total. The second-order valence-corrected chi connectivity index (χ2v) is 5.09. The van der Waals surface area contributed by atoms with Gasteiger partial charge in [-0.05, 0) is 31.1 Å². The molecule has 2 aliphatic heterocycles. The van der Waals surface area contributed by atoms with E-state index < -0.39 is 24.0 Å². The van der Waals surface area contributed by atoms with E-state index in [0.717, 1.165) is 4.90 Å². The Labute approximate surface area is 102 Å². The zero-order valence-electron chi connectivity index (χ0n) is 9.61. The summed E-state index contributed by atoms with van der Waals surface area (Å²) in [7, 11) is 0. The number of rotatable bonds is 1. The minimum Gasteiger partial charge on any atom is -0.481 e. The fraction of sp³-hybridized carbons (Fsp3) is 0.818. The molecule has 2 heterocycles. The highest BCUT2D eigenvalue weighted by atomic mass is 19.4. The van der Waals surface area contributed by atoms with Gasteiger partial charge in [-0.2, -0.15) is 13.2 Å². The van der Waals surface area contributed by atoms with E-state index in [9.17, 15) is 22.8 Å². The molecule has 3 rings (SSSR count). The van der Waals surface area contributed by atoms with Crippen molar-refractivity contribution in [2.45, 2.75) is 25.4 Å². The van der Waals surface area contributed by atoms with E-state index >= 15 is 0 Å². The van der Waals surface area contributed by atoms with Gasteiger partial charge in [0, 0.05) is 13.1 Å². The van der Waals surface area contributed by atoms with Gasteiger partial charge in [0.05, 0.1) is 5.92 Å². The van der Waals surface area contributed by atoms with Crippen LogP contribution in [0, 0.1) is 17.8 Å². The average Bonchev–Trinajstić information content (AvgIpc) is 2.57. The van der Waals surface area contributed by atoms with E-state index in [4.69, 9.17) is 5.11 Å². The molecule has 0 aromatic heterocycles. The molecule has 3 aliphatic rings. The molecule has 3 atom stereocenters. The summed E-state index contributed by atoms with van der Waals surface area (Å²) in [4.78, 5) is 23.0. The number of carboxylic acid groups (broad SMARTS) is 1. The van der Waals surface area contributed by atoms with Crippen molar-refractivity contribution in [1.82, 2.24) is 4.90 Å². The van der Waals surface area contributed by atoms with Crippen molar-refractivity contribution < 1.29 is 27.9 Å². The maximum absolute atomic E-state index is 12.4. The van der Waals surface area contributed by atoms with Crippen molar-refractivity contribution >= 4 is 11.9 Å². The second kappa shape index (κ2) is 4.44. The zero-order valence-corrected chi connectivity index (χ0v) is 9.61. The topological polar surface area (TPSA) is 57.6 Å². The van der Waals surface area contributed by atoms with Crippen LogP contribution in [-0.2, 0) is 9.59 Å². The highest BCUT2D eigenvalue weighted by Crippen LogP contribution is 2.39. The third-order valence-corrected chi connectivity index (χ3v) is 3.88. The van der Waals surface area contributed by atoms with Crippen LogP contribution in [0.3, 0.4) is 0 Å². The van der Waals surface area contributed by atoms with Crippen molar-refractivity contribution in [3.05, 3.63) is 0 Å². The molecule has 3 unspecified atom stereocenters. The molecule has 2 bridgehead atoms. The molecule has 1 saturated carbocycles. The Bertz CT molecular complexity index is 369. The molecular formula is C11H14F3NO3. The summed E-state index contributed by atoms with van der Waals surface area (Å²) in [6.45, 7) is -0.0650. The summed E-state index contributed by atoms with van der Waals surface area (Å²) in [6.07, 6.45) is -3.20. The predicted octanol–water partition coefficient (Wildman–Crippen LogP) is 1.51. The molecule has 2 saturated heterocycles. The van der Waals surface area contributed by atoms with Crippen molar-refractivity contribution in [2.24, 2.45) is 17.8 Å². The fourth-order valence-electron chi connectivity index (χ4n) is 3.02. The van der Waals surface area contributed by atoms with Crippen molar-refractivity contribution in [3.63, 3.8) is 0 Å². The summed E-state index contributed by atoms with van der Waals surface area (Å²) in [5.74, 6) is -3.91. The Morgan fingerprint density at radius 2 is 1.83 bits per heavy atom. The Balaban J connectivity index is 2.15. The highest BCUT2D eigenvalue weighted by Gasteiger charge is 2.47. The third-order valence-electron chi connectivity index (χ3n) is 3.88. The summed E-state index contributed by atoms with van der Waals surface area (Å²) in [6, 6.07) is 0. The maximum atomic E-state index is 12.4. The molecule has 18 heavy (non-hydrogen) atoms. The number of nitrogens with zero attached hydrogens (tertiary/aromatic N) is 1. The van der Waals surface area contributed by atoms with Crippen molar-refractivity contribution in [2.75, 3.05) is 13.1 Å². The van der Waals surface area contributed by atoms with Crippen LogP contribution in [0.25, 0.3) is 0 Å². The number of fused-ring (bicyclic) bond motifs is 4. The van der Waals surface area contributed by atoms with Gasteiger partial charge in [0.1, 0.15) is 0 Å². The van der Waals surface area contributed by atoms with Gasteiger partial charge in [-0.3, -0.25) is 9.59 Å². The Morgan fingerprint density at radius 3 is 2.39 bits per heavy atom. The van der Waals surface area contributed by atoms with Crippen molar-refractivity contribution in [1.29, 1.82) is 0 Å². The van der Waals surface area contributed by atoms with E-state index in [1.54, 1.807) is 0 Å². The Morgan fingerprint density at radius 1 is 1.17 bits per heavy atom. The first-order chi connectivity index (χ1) is 8.29. The molecule has 3 fully saturated rings. The number of carboxylic acids is 1. The van der Waals surface area contributed by atoms with E-state index in [1.807, 2.05) is 0 Å². The molecule has 0 spiro atoms. The maximum Gasteiger partial charge on any atom is 0.471 e. The van der Waals surface area contributed by atoms with Gasteiger partial charge in [-0.25, -0.2) is 0 Å². The molecule has 0 aromatic carbocycles. The number of carbonyl (C=O) groups excluding carboxylic acids is 1. The fourth-order valence-corrected chi connectivity index (χ4v) is 3.02. The Kier molecular flexibility index (Phi) is 3.25. The van der Waals surface area contributed by atoms with Gasteiger partial charge in [0.25, 0.3) is 0 Å². The van der Waals surface area contributed by atoms with E-state index in [1.165, 1.54) is 0 Å². The van der Waals surface area contributed by atoms with Crippen LogP contribution in [0.15, 0.2) is 0 Å². The minimum atomic E-state index is -4.87. The van der Waals surface area contributed by atoms with E-state index in [-0.39, 0.29) is 24.9 Å². The van der Waals surface area contributed by atoms with Gasteiger partial charge >= 0.3 is 18.1 Å². The zero-order chi connectivity index (χ0) is 13.5. The van der Waals surface area contributed by atoms with Gasteiger partial charge in [-0.15, -0.1) is 0 Å². The monoisotopic (exact) mass is 265 g/mol. The standard InChI is InChI=1S/C11H14F3NO3/c12-11(13,14)10(18)15-4-6-1-2-7(5-15)8(3-6)9(16)17/h6-8H,1-5H2,(H,16,17). The quantitative estimate of drug-likeness (QED) is 0.781. The van der Waals surface area contributed by atoms with E-state index in [0.29, 0.717) is 19.3 Å². The SMILES string of the molecule is O=C(O)C1CC2CCC1CN(C(=O)C(F)(F)F)C2. The number of hydrogen-bond donors (Lipinski definition) is 1. The lowest BCUT2D eigenvalue weighted by Gasteiger charge is -2.28. The van der Waals surface area contributed by atoms with Crippen LogP contribution < -0.4 is 0 Å². The molecule has 0 radical (unpaired) electrons. The van der Waals surface area contributed by atoms with Crippen LogP contribution in [0.2, 0.25) is 0 Å². The lowest BCUT2D eigenvalue weighted by molar-refractivity contribution is -0.186. The first-order valence-electron chi connectivity index (χ1n) is 5.88. The predicted molar refractivity (Wildman–Crippen MR) is 54.6 cm³/mol. The molecule has 0 aromatic rings. The highest BCUT2D eigenvalue weighted by molar-refractivity contribution is 5.82. The largest absolute Gasteiger partial charge is 0.481 e. The average molecular weight is 265 g/mol. The van der Waals surface area contributed by atoms with Crippen LogP contribution in [-0.4, -0.2) is 41.1 Å².